The molecular weight excluding hydrogens is 435 g/mol. The molecule has 1 heterocycles. The van der Waals surface area contributed by atoms with Crippen molar-refractivity contribution in [2.75, 3.05) is 7.05 Å². The van der Waals surface area contributed by atoms with Crippen LogP contribution in [0, 0.1) is 6.92 Å². The van der Waals surface area contributed by atoms with Gasteiger partial charge in [-0.2, -0.15) is 0 Å². The highest BCUT2D eigenvalue weighted by Gasteiger charge is 2.03. The van der Waals surface area contributed by atoms with Crippen LogP contribution in [0.25, 0.3) is 0 Å². The Morgan fingerprint density at radius 1 is 1.29 bits per heavy atom. The molecule has 0 saturated carbocycles. The topological polar surface area (TPSA) is 58.5 Å². The summed E-state index contributed by atoms with van der Waals surface area (Å²) in [5.74, 6) is 1.65. The van der Waals surface area contributed by atoms with Gasteiger partial charge in [-0.05, 0) is 38.5 Å². The number of hydrogen-bond acceptors (Lipinski definition) is 4. The SMILES string of the molecule is CN=C(NCc1cccc(OC(C)C)c1)NCc1ncc(C)s1.I. The molecule has 5 nitrogen and oxygen atoms in total. The molecule has 0 bridgehead atoms. The fourth-order valence-electron chi connectivity index (χ4n) is 2.05. The Morgan fingerprint density at radius 2 is 2.04 bits per heavy atom. The molecule has 0 amide bonds. The summed E-state index contributed by atoms with van der Waals surface area (Å²) in [7, 11) is 1.76. The summed E-state index contributed by atoms with van der Waals surface area (Å²) in [5.41, 5.74) is 1.15. The number of thiazole rings is 1. The minimum absolute atomic E-state index is 0. The van der Waals surface area contributed by atoms with Crippen molar-refractivity contribution in [3.8, 4) is 5.75 Å². The Balaban J connectivity index is 0.00000288. The number of guanidine groups is 1. The van der Waals surface area contributed by atoms with E-state index < -0.39 is 0 Å². The van der Waals surface area contributed by atoms with Gasteiger partial charge in [0.05, 0.1) is 12.6 Å². The monoisotopic (exact) mass is 460 g/mol. The van der Waals surface area contributed by atoms with E-state index in [-0.39, 0.29) is 30.1 Å². The number of aromatic nitrogens is 1. The predicted octanol–water partition coefficient (Wildman–Crippen LogP) is 3.72. The zero-order chi connectivity index (χ0) is 16.7. The molecule has 7 heteroatoms. The third kappa shape index (κ3) is 7.04. The van der Waals surface area contributed by atoms with Gasteiger partial charge in [0.2, 0.25) is 0 Å². The highest BCUT2D eigenvalue weighted by atomic mass is 127. The van der Waals surface area contributed by atoms with Gasteiger partial charge in [0.1, 0.15) is 10.8 Å². The highest BCUT2D eigenvalue weighted by Crippen LogP contribution is 2.15. The normalized spacial score (nSPS) is 11.1. The first-order chi connectivity index (χ1) is 11.1. The third-order valence-corrected chi connectivity index (χ3v) is 3.94. The van der Waals surface area contributed by atoms with E-state index in [4.69, 9.17) is 4.74 Å². The third-order valence-electron chi connectivity index (χ3n) is 3.03. The maximum Gasteiger partial charge on any atom is 0.191 e. The quantitative estimate of drug-likeness (QED) is 0.392. The number of hydrogen-bond donors (Lipinski definition) is 2. The van der Waals surface area contributed by atoms with E-state index in [1.165, 1.54) is 4.88 Å². The Kier molecular flexibility index (Phi) is 9.05. The zero-order valence-electron chi connectivity index (χ0n) is 14.5. The van der Waals surface area contributed by atoms with Gasteiger partial charge in [-0.3, -0.25) is 4.99 Å². The fourth-order valence-corrected chi connectivity index (χ4v) is 2.78. The van der Waals surface area contributed by atoms with Crippen molar-refractivity contribution in [3.05, 3.63) is 45.9 Å². The van der Waals surface area contributed by atoms with Gasteiger partial charge in [-0.15, -0.1) is 35.3 Å². The number of rotatable bonds is 6. The van der Waals surface area contributed by atoms with Crippen molar-refractivity contribution < 1.29 is 4.74 Å². The number of aliphatic imine (C=N–C) groups is 1. The van der Waals surface area contributed by atoms with Crippen LogP contribution in [-0.4, -0.2) is 24.1 Å². The molecule has 1 aromatic carbocycles. The molecular formula is C17H25IN4OS. The Labute approximate surface area is 165 Å². The van der Waals surface area contributed by atoms with Crippen molar-refractivity contribution in [2.24, 2.45) is 4.99 Å². The summed E-state index contributed by atoms with van der Waals surface area (Å²) in [6, 6.07) is 8.09. The minimum atomic E-state index is 0. The van der Waals surface area contributed by atoms with Crippen LogP contribution in [0.1, 0.15) is 29.3 Å². The van der Waals surface area contributed by atoms with Gasteiger partial charge in [-0.25, -0.2) is 4.98 Å². The smallest absolute Gasteiger partial charge is 0.191 e. The van der Waals surface area contributed by atoms with Gasteiger partial charge in [0, 0.05) is 24.7 Å². The molecule has 0 saturated heterocycles. The van der Waals surface area contributed by atoms with Crippen LogP contribution < -0.4 is 15.4 Å². The lowest BCUT2D eigenvalue weighted by atomic mass is 10.2. The lowest BCUT2D eigenvalue weighted by molar-refractivity contribution is 0.242. The van der Waals surface area contributed by atoms with Crippen molar-refractivity contribution in [2.45, 2.75) is 40.0 Å². The number of halogens is 1. The van der Waals surface area contributed by atoms with Gasteiger partial charge in [0.25, 0.3) is 0 Å². The molecule has 0 unspecified atom stereocenters. The fraction of sp³-hybridized carbons (Fsp3) is 0.412. The largest absolute Gasteiger partial charge is 0.491 e. The first kappa shape index (κ1) is 20.7. The molecule has 2 N–H and O–H groups in total. The molecule has 24 heavy (non-hydrogen) atoms. The Morgan fingerprint density at radius 3 is 2.67 bits per heavy atom. The summed E-state index contributed by atoms with van der Waals surface area (Å²) < 4.78 is 5.72. The zero-order valence-corrected chi connectivity index (χ0v) is 17.6. The first-order valence-corrected chi connectivity index (χ1v) is 8.50. The second-order valence-electron chi connectivity index (χ2n) is 5.46. The van der Waals surface area contributed by atoms with Crippen molar-refractivity contribution in [3.63, 3.8) is 0 Å². The van der Waals surface area contributed by atoms with E-state index in [1.807, 2.05) is 38.2 Å². The molecule has 1 aromatic heterocycles. The van der Waals surface area contributed by atoms with Crippen LogP contribution in [-0.2, 0) is 13.1 Å². The minimum Gasteiger partial charge on any atom is -0.491 e. The van der Waals surface area contributed by atoms with Crippen molar-refractivity contribution >= 4 is 41.3 Å². The van der Waals surface area contributed by atoms with Gasteiger partial charge < -0.3 is 15.4 Å². The number of nitrogens with zero attached hydrogens (tertiary/aromatic N) is 2. The second-order valence-corrected chi connectivity index (χ2v) is 6.78. The van der Waals surface area contributed by atoms with Crippen LogP contribution in [0.2, 0.25) is 0 Å². The average Bonchev–Trinajstić information content (AvgIpc) is 2.93. The number of nitrogens with one attached hydrogen (secondary N) is 2. The van der Waals surface area contributed by atoms with E-state index in [2.05, 4.69) is 33.6 Å². The molecule has 0 spiro atoms. The van der Waals surface area contributed by atoms with Gasteiger partial charge in [-0.1, -0.05) is 12.1 Å². The van der Waals surface area contributed by atoms with E-state index in [0.29, 0.717) is 13.1 Å². The lowest BCUT2D eigenvalue weighted by Crippen LogP contribution is -2.36. The van der Waals surface area contributed by atoms with Crippen LogP contribution in [0.3, 0.4) is 0 Å². The predicted molar refractivity (Wildman–Crippen MR) is 112 cm³/mol. The molecule has 2 rings (SSSR count). The second kappa shape index (κ2) is 10.5. The summed E-state index contributed by atoms with van der Waals surface area (Å²) in [6.07, 6.45) is 2.06. The molecule has 2 aromatic rings. The van der Waals surface area contributed by atoms with E-state index in [1.54, 1.807) is 18.4 Å². The van der Waals surface area contributed by atoms with Crippen LogP contribution in [0.15, 0.2) is 35.5 Å². The van der Waals surface area contributed by atoms with Crippen molar-refractivity contribution in [1.29, 1.82) is 0 Å². The molecule has 132 valence electrons. The number of aryl methyl sites for hydroxylation is 1. The molecule has 0 radical (unpaired) electrons. The summed E-state index contributed by atoms with van der Waals surface area (Å²) in [5, 5.41) is 7.63. The van der Waals surface area contributed by atoms with E-state index in [9.17, 15) is 0 Å². The highest BCUT2D eigenvalue weighted by molar-refractivity contribution is 14.0. The summed E-state index contributed by atoms with van der Waals surface area (Å²) >= 11 is 1.69. The van der Waals surface area contributed by atoms with E-state index in [0.717, 1.165) is 22.3 Å². The van der Waals surface area contributed by atoms with Crippen LogP contribution in [0.5, 0.6) is 5.75 Å². The molecule has 0 atom stereocenters. The van der Waals surface area contributed by atoms with Gasteiger partial charge in [0.15, 0.2) is 5.96 Å². The molecule has 0 aliphatic carbocycles. The number of benzene rings is 1. The molecule has 0 fully saturated rings. The Hall–Kier alpha value is -1.35. The lowest BCUT2D eigenvalue weighted by Gasteiger charge is -2.13. The molecule has 0 aliphatic heterocycles. The number of ether oxygens (including phenoxy) is 1. The average molecular weight is 460 g/mol. The summed E-state index contributed by atoms with van der Waals surface area (Å²) in [6.45, 7) is 7.47. The van der Waals surface area contributed by atoms with Crippen LogP contribution in [0.4, 0.5) is 0 Å². The summed E-state index contributed by atoms with van der Waals surface area (Å²) in [4.78, 5) is 9.79. The first-order valence-electron chi connectivity index (χ1n) is 7.68. The van der Waals surface area contributed by atoms with Crippen LogP contribution >= 0.6 is 35.3 Å². The Bertz CT molecular complexity index is 658. The standard InChI is InChI=1S/C17H24N4OS.HI/c1-12(2)22-15-7-5-6-14(8-15)10-20-17(18-4)21-11-16-19-9-13(3)23-16;/h5-9,12H,10-11H2,1-4H3,(H2,18,20,21);1H. The van der Waals surface area contributed by atoms with E-state index >= 15 is 0 Å². The van der Waals surface area contributed by atoms with Crippen molar-refractivity contribution in [1.82, 2.24) is 15.6 Å². The van der Waals surface area contributed by atoms with Gasteiger partial charge >= 0.3 is 0 Å². The molecule has 0 aliphatic rings. The maximum atomic E-state index is 5.72. The maximum absolute atomic E-state index is 5.72.